The number of benzene rings is 1. The third kappa shape index (κ3) is 3.23. The Bertz CT molecular complexity index is 613. The van der Waals surface area contributed by atoms with Crippen LogP contribution in [-0.4, -0.2) is 29.8 Å². The number of rotatable bonds is 4. The Kier molecular flexibility index (Phi) is 4.37. The summed E-state index contributed by atoms with van der Waals surface area (Å²) < 4.78 is 13.6. The van der Waals surface area contributed by atoms with Crippen LogP contribution in [0.25, 0.3) is 0 Å². The van der Waals surface area contributed by atoms with E-state index >= 15 is 0 Å². The summed E-state index contributed by atoms with van der Waals surface area (Å²) in [5.41, 5.74) is -0.460. The van der Waals surface area contributed by atoms with Gasteiger partial charge >= 0.3 is 0 Å². The van der Waals surface area contributed by atoms with Crippen LogP contribution in [0.5, 0.6) is 0 Å². The van der Waals surface area contributed by atoms with E-state index in [2.05, 4.69) is 12.2 Å². The summed E-state index contributed by atoms with van der Waals surface area (Å²) in [7, 11) is 0. The Morgan fingerprint density at radius 1 is 1.35 bits per heavy atom. The van der Waals surface area contributed by atoms with Gasteiger partial charge in [-0.3, -0.25) is 9.59 Å². The molecular weight excluding hydrogens is 295 g/mol. The molecule has 1 aromatic carbocycles. The van der Waals surface area contributed by atoms with Crippen LogP contribution < -0.4 is 5.32 Å². The van der Waals surface area contributed by atoms with Gasteiger partial charge in [-0.05, 0) is 37.7 Å². The van der Waals surface area contributed by atoms with Crippen LogP contribution >= 0.6 is 0 Å². The van der Waals surface area contributed by atoms with Crippen molar-refractivity contribution in [2.45, 2.75) is 39.2 Å². The van der Waals surface area contributed by atoms with Crippen molar-refractivity contribution in [3.8, 4) is 0 Å². The molecule has 0 spiro atoms. The van der Waals surface area contributed by atoms with Crippen molar-refractivity contribution in [1.82, 2.24) is 10.2 Å². The number of likely N-dealkylation sites (tertiary alicyclic amines) is 1. The fourth-order valence-electron chi connectivity index (χ4n) is 3.33. The molecule has 1 aliphatic heterocycles. The molecule has 1 N–H and O–H groups in total. The first-order valence-electron chi connectivity index (χ1n) is 8.34. The zero-order valence-corrected chi connectivity index (χ0v) is 13.5. The molecule has 1 aromatic rings. The molecule has 2 fully saturated rings. The van der Waals surface area contributed by atoms with E-state index in [9.17, 15) is 14.0 Å². The van der Waals surface area contributed by atoms with E-state index in [1.54, 1.807) is 18.2 Å². The average molecular weight is 318 g/mol. The molecule has 0 radical (unpaired) electrons. The molecule has 124 valence electrons. The van der Waals surface area contributed by atoms with Crippen molar-refractivity contribution >= 4 is 11.8 Å². The molecule has 1 aliphatic carbocycles. The zero-order valence-electron chi connectivity index (χ0n) is 13.5. The summed E-state index contributed by atoms with van der Waals surface area (Å²) in [6, 6.07) is 6.36. The van der Waals surface area contributed by atoms with Crippen molar-refractivity contribution in [3.05, 3.63) is 35.6 Å². The third-order valence-electron chi connectivity index (χ3n) is 4.94. The minimum Gasteiger partial charge on any atom is -0.351 e. The second-order valence-corrected chi connectivity index (χ2v) is 6.85. The first-order chi connectivity index (χ1) is 11.0. The number of piperidine rings is 1. The number of nitrogens with one attached hydrogen (secondary N) is 1. The first kappa shape index (κ1) is 16.0. The van der Waals surface area contributed by atoms with Crippen LogP contribution in [0.3, 0.4) is 0 Å². The average Bonchev–Trinajstić information content (AvgIpc) is 3.35. The van der Waals surface area contributed by atoms with Crippen LogP contribution in [-0.2, 0) is 16.1 Å². The van der Waals surface area contributed by atoms with Gasteiger partial charge in [0.05, 0.1) is 0 Å². The lowest BCUT2D eigenvalue weighted by atomic mass is 9.96. The molecular formula is C18H23FN2O2. The summed E-state index contributed by atoms with van der Waals surface area (Å²) >= 11 is 0. The molecule has 0 aromatic heterocycles. The Labute approximate surface area is 136 Å². The molecule has 1 unspecified atom stereocenters. The molecule has 2 aliphatic rings. The molecule has 4 nitrogen and oxygen atoms in total. The van der Waals surface area contributed by atoms with Crippen molar-refractivity contribution in [1.29, 1.82) is 0 Å². The Balaban J connectivity index is 1.62. The highest BCUT2D eigenvalue weighted by molar-refractivity contribution is 6.07. The first-order valence-corrected chi connectivity index (χ1v) is 8.34. The number of halogens is 1. The van der Waals surface area contributed by atoms with E-state index in [1.165, 1.54) is 6.07 Å². The highest BCUT2D eigenvalue weighted by Crippen LogP contribution is 2.48. The van der Waals surface area contributed by atoms with E-state index < -0.39 is 5.41 Å². The summed E-state index contributed by atoms with van der Waals surface area (Å²) in [4.78, 5) is 27.1. The molecule has 1 saturated heterocycles. The fraction of sp³-hybridized carbons (Fsp3) is 0.556. The van der Waals surface area contributed by atoms with Gasteiger partial charge in [0.25, 0.3) is 0 Å². The minimum absolute atomic E-state index is 0.0462. The maximum atomic E-state index is 13.6. The van der Waals surface area contributed by atoms with E-state index in [0.717, 1.165) is 25.9 Å². The van der Waals surface area contributed by atoms with E-state index in [1.807, 2.05) is 4.90 Å². The molecule has 0 bridgehead atoms. The standard InChI is InChI=1S/C18H23FN2O2/c1-13-5-4-10-21(12-13)17(23)18(8-9-18)16(22)20-11-14-6-2-3-7-15(14)19/h2-3,6-7,13H,4-5,8-12H2,1H3,(H,20,22). The van der Waals surface area contributed by atoms with Gasteiger partial charge in [0.15, 0.2) is 0 Å². The molecule has 1 saturated carbocycles. The molecule has 3 rings (SSSR count). The number of carbonyl (C=O) groups excluding carboxylic acids is 2. The van der Waals surface area contributed by atoms with Crippen LogP contribution in [0.4, 0.5) is 4.39 Å². The summed E-state index contributed by atoms with van der Waals surface area (Å²) in [5.74, 6) is -0.155. The lowest BCUT2D eigenvalue weighted by Crippen LogP contribution is -2.48. The number of hydrogen-bond acceptors (Lipinski definition) is 2. The van der Waals surface area contributed by atoms with Gasteiger partial charge in [-0.25, -0.2) is 4.39 Å². The smallest absolute Gasteiger partial charge is 0.238 e. The Morgan fingerprint density at radius 3 is 2.74 bits per heavy atom. The van der Waals surface area contributed by atoms with Crippen molar-refractivity contribution < 1.29 is 14.0 Å². The molecule has 2 amide bonds. The van der Waals surface area contributed by atoms with Gasteiger partial charge < -0.3 is 10.2 Å². The highest BCUT2D eigenvalue weighted by atomic mass is 19.1. The SMILES string of the molecule is CC1CCCN(C(=O)C2(C(=O)NCc3ccccc3F)CC2)C1. The van der Waals surface area contributed by atoms with Gasteiger partial charge in [0.1, 0.15) is 11.2 Å². The lowest BCUT2D eigenvalue weighted by Gasteiger charge is -2.33. The largest absolute Gasteiger partial charge is 0.351 e. The Morgan fingerprint density at radius 2 is 2.09 bits per heavy atom. The molecule has 5 heteroatoms. The number of amides is 2. The maximum absolute atomic E-state index is 13.6. The second kappa shape index (κ2) is 6.30. The molecule has 1 heterocycles. The van der Waals surface area contributed by atoms with Gasteiger partial charge in [-0.2, -0.15) is 0 Å². The second-order valence-electron chi connectivity index (χ2n) is 6.85. The summed E-state index contributed by atoms with van der Waals surface area (Å²) in [5, 5.41) is 2.75. The maximum Gasteiger partial charge on any atom is 0.238 e. The van der Waals surface area contributed by atoms with Gasteiger partial charge in [-0.15, -0.1) is 0 Å². The normalized spacial score (nSPS) is 22.5. The minimum atomic E-state index is -0.900. The molecule has 1 atom stereocenters. The quantitative estimate of drug-likeness (QED) is 0.867. The van der Waals surface area contributed by atoms with Crippen LogP contribution in [0.15, 0.2) is 24.3 Å². The summed E-state index contributed by atoms with van der Waals surface area (Å²) in [6.45, 7) is 3.74. The predicted molar refractivity (Wildman–Crippen MR) is 84.9 cm³/mol. The number of hydrogen-bond donors (Lipinski definition) is 1. The third-order valence-corrected chi connectivity index (χ3v) is 4.94. The van der Waals surface area contributed by atoms with Crippen molar-refractivity contribution in [2.24, 2.45) is 11.3 Å². The molecule has 23 heavy (non-hydrogen) atoms. The fourth-order valence-corrected chi connectivity index (χ4v) is 3.33. The van der Waals surface area contributed by atoms with Crippen molar-refractivity contribution in [2.75, 3.05) is 13.1 Å². The van der Waals surface area contributed by atoms with E-state index in [0.29, 0.717) is 24.3 Å². The monoisotopic (exact) mass is 318 g/mol. The van der Waals surface area contributed by atoms with Crippen LogP contribution in [0, 0.1) is 17.2 Å². The van der Waals surface area contributed by atoms with E-state index in [4.69, 9.17) is 0 Å². The van der Waals surface area contributed by atoms with Gasteiger partial charge in [0, 0.05) is 25.2 Å². The predicted octanol–water partition coefficient (Wildman–Crippen LogP) is 2.48. The van der Waals surface area contributed by atoms with Crippen molar-refractivity contribution in [3.63, 3.8) is 0 Å². The lowest BCUT2D eigenvalue weighted by molar-refractivity contribution is -0.145. The number of carbonyl (C=O) groups is 2. The van der Waals surface area contributed by atoms with E-state index in [-0.39, 0.29) is 24.2 Å². The Hall–Kier alpha value is -1.91. The summed E-state index contributed by atoms with van der Waals surface area (Å²) in [6.07, 6.45) is 3.33. The highest BCUT2D eigenvalue weighted by Gasteiger charge is 2.58. The van der Waals surface area contributed by atoms with Gasteiger partial charge in [-0.1, -0.05) is 25.1 Å². The van der Waals surface area contributed by atoms with Crippen LogP contribution in [0.1, 0.15) is 38.2 Å². The topological polar surface area (TPSA) is 49.4 Å². The zero-order chi connectivity index (χ0) is 16.4. The van der Waals surface area contributed by atoms with Gasteiger partial charge in [0.2, 0.25) is 11.8 Å². The number of nitrogens with zero attached hydrogens (tertiary/aromatic N) is 1. The van der Waals surface area contributed by atoms with Crippen LogP contribution in [0.2, 0.25) is 0 Å².